The van der Waals surface area contributed by atoms with Crippen LogP contribution in [-0.2, 0) is 6.54 Å². The van der Waals surface area contributed by atoms with Gasteiger partial charge in [-0.2, -0.15) is 0 Å². The highest BCUT2D eigenvalue weighted by Gasteiger charge is 2.15. The maximum absolute atomic E-state index is 12.8. The van der Waals surface area contributed by atoms with Crippen LogP contribution in [0.5, 0.6) is 5.75 Å². The van der Waals surface area contributed by atoms with Gasteiger partial charge in [0.05, 0.1) is 6.61 Å². The van der Waals surface area contributed by atoms with Gasteiger partial charge in [0, 0.05) is 35.7 Å². The van der Waals surface area contributed by atoms with Crippen molar-refractivity contribution >= 4 is 22.6 Å². The molecule has 0 saturated heterocycles. The second kappa shape index (κ2) is 9.08. The van der Waals surface area contributed by atoms with Crippen molar-refractivity contribution in [2.45, 2.75) is 26.8 Å². The van der Waals surface area contributed by atoms with Crippen molar-refractivity contribution in [2.24, 2.45) is 0 Å². The monoisotopic (exact) mass is 379 g/mol. The number of fused-ring (bicyclic) bond motifs is 1. The molecular formula is C22H25N3O3. The molecular weight excluding hydrogens is 354 g/mol. The summed E-state index contributed by atoms with van der Waals surface area (Å²) in [7, 11) is 0. The SMILES string of the molecule is CCCN(Cc1cc(=O)[nH]c2ccccc12)C(=O)Nc1ccc(OCC)cc1. The molecule has 0 aliphatic carbocycles. The number of aromatic nitrogens is 1. The van der Waals surface area contributed by atoms with Gasteiger partial charge in [0.1, 0.15) is 5.75 Å². The summed E-state index contributed by atoms with van der Waals surface area (Å²) in [5.74, 6) is 0.765. The minimum absolute atomic E-state index is 0.169. The molecule has 1 heterocycles. The number of rotatable bonds is 7. The van der Waals surface area contributed by atoms with E-state index in [0.29, 0.717) is 25.4 Å². The molecule has 0 radical (unpaired) electrons. The zero-order valence-corrected chi connectivity index (χ0v) is 16.2. The van der Waals surface area contributed by atoms with Crippen LogP contribution in [0.15, 0.2) is 59.4 Å². The number of para-hydroxylation sites is 1. The van der Waals surface area contributed by atoms with Gasteiger partial charge in [-0.05, 0) is 49.2 Å². The van der Waals surface area contributed by atoms with Crippen LogP contribution >= 0.6 is 0 Å². The molecule has 28 heavy (non-hydrogen) atoms. The Hall–Kier alpha value is -3.28. The summed E-state index contributed by atoms with van der Waals surface area (Å²) < 4.78 is 5.43. The summed E-state index contributed by atoms with van der Waals surface area (Å²) in [6, 6.07) is 16.3. The Labute approximate surface area is 164 Å². The van der Waals surface area contributed by atoms with E-state index >= 15 is 0 Å². The van der Waals surface area contributed by atoms with Gasteiger partial charge in [0.25, 0.3) is 0 Å². The molecule has 0 unspecified atom stereocenters. The fourth-order valence-electron chi connectivity index (χ4n) is 3.14. The van der Waals surface area contributed by atoms with Gasteiger partial charge in [-0.15, -0.1) is 0 Å². The summed E-state index contributed by atoms with van der Waals surface area (Å²) in [6.45, 7) is 5.50. The van der Waals surface area contributed by atoms with Crippen molar-refractivity contribution in [1.29, 1.82) is 0 Å². The number of urea groups is 1. The third kappa shape index (κ3) is 4.71. The largest absolute Gasteiger partial charge is 0.494 e. The molecule has 0 bridgehead atoms. The van der Waals surface area contributed by atoms with E-state index in [1.54, 1.807) is 11.0 Å². The van der Waals surface area contributed by atoms with Crippen LogP contribution < -0.4 is 15.6 Å². The first-order valence-corrected chi connectivity index (χ1v) is 9.50. The molecule has 6 heteroatoms. The third-order valence-electron chi connectivity index (χ3n) is 4.39. The highest BCUT2D eigenvalue weighted by atomic mass is 16.5. The van der Waals surface area contributed by atoms with Crippen LogP contribution in [0, 0.1) is 0 Å². The lowest BCUT2D eigenvalue weighted by Crippen LogP contribution is -2.35. The Bertz CT molecular complexity index is 996. The van der Waals surface area contributed by atoms with Crippen molar-refractivity contribution in [2.75, 3.05) is 18.5 Å². The van der Waals surface area contributed by atoms with Crippen LogP contribution in [0.2, 0.25) is 0 Å². The number of carbonyl (C=O) groups excluding carboxylic acids is 1. The van der Waals surface area contributed by atoms with E-state index in [-0.39, 0.29) is 11.6 Å². The average molecular weight is 379 g/mol. The fraction of sp³-hybridized carbons (Fsp3) is 0.273. The molecule has 0 aliphatic rings. The molecule has 0 aliphatic heterocycles. The molecule has 3 aromatic rings. The molecule has 0 saturated carbocycles. The number of carbonyl (C=O) groups is 1. The van der Waals surface area contributed by atoms with Crippen LogP contribution in [-0.4, -0.2) is 29.1 Å². The van der Waals surface area contributed by atoms with E-state index in [0.717, 1.165) is 28.6 Å². The Morgan fingerprint density at radius 3 is 2.57 bits per heavy atom. The second-order valence-electron chi connectivity index (χ2n) is 6.51. The first-order valence-electron chi connectivity index (χ1n) is 9.50. The smallest absolute Gasteiger partial charge is 0.322 e. The second-order valence-corrected chi connectivity index (χ2v) is 6.51. The summed E-state index contributed by atoms with van der Waals surface area (Å²) >= 11 is 0. The molecule has 0 spiro atoms. The maximum atomic E-state index is 12.8. The van der Waals surface area contributed by atoms with Crippen molar-refractivity contribution in [3.8, 4) is 5.75 Å². The molecule has 2 N–H and O–H groups in total. The number of nitrogens with one attached hydrogen (secondary N) is 2. The van der Waals surface area contributed by atoms with Gasteiger partial charge in [0.15, 0.2) is 0 Å². The van der Waals surface area contributed by atoms with Crippen LogP contribution in [0.25, 0.3) is 10.9 Å². The minimum Gasteiger partial charge on any atom is -0.494 e. The van der Waals surface area contributed by atoms with E-state index in [2.05, 4.69) is 10.3 Å². The number of nitrogens with zero attached hydrogens (tertiary/aromatic N) is 1. The minimum atomic E-state index is -0.199. The normalized spacial score (nSPS) is 10.6. The number of ether oxygens (including phenoxy) is 1. The summed E-state index contributed by atoms with van der Waals surface area (Å²) in [5, 5.41) is 3.87. The quantitative estimate of drug-likeness (QED) is 0.640. The lowest BCUT2D eigenvalue weighted by molar-refractivity contribution is 0.209. The maximum Gasteiger partial charge on any atom is 0.322 e. The van der Waals surface area contributed by atoms with Gasteiger partial charge >= 0.3 is 6.03 Å². The lowest BCUT2D eigenvalue weighted by Gasteiger charge is -2.23. The Morgan fingerprint density at radius 1 is 1.11 bits per heavy atom. The standard InChI is InChI=1S/C22H25N3O3/c1-3-13-25(22(27)23-17-9-11-18(12-10-17)28-4-2)15-16-14-21(26)24-20-8-6-5-7-19(16)20/h5-12,14H,3-4,13,15H2,1-2H3,(H,23,27)(H,24,26). The predicted molar refractivity (Wildman–Crippen MR) is 112 cm³/mol. The summed E-state index contributed by atoms with van der Waals surface area (Å²) in [5.41, 5.74) is 2.13. The topological polar surface area (TPSA) is 74.4 Å². The van der Waals surface area contributed by atoms with E-state index in [1.165, 1.54) is 0 Å². The van der Waals surface area contributed by atoms with E-state index in [1.807, 2.05) is 62.4 Å². The average Bonchev–Trinajstić information content (AvgIpc) is 2.69. The van der Waals surface area contributed by atoms with Crippen molar-refractivity contribution in [3.63, 3.8) is 0 Å². The third-order valence-corrected chi connectivity index (χ3v) is 4.39. The highest BCUT2D eigenvalue weighted by molar-refractivity contribution is 5.90. The van der Waals surface area contributed by atoms with Gasteiger partial charge in [0.2, 0.25) is 5.56 Å². The van der Waals surface area contributed by atoms with E-state index in [9.17, 15) is 9.59 Å². The number of aromatic amines is 1. The number of amides is 2. The van der Waals surface area contributed by atoms with Gasteiger partial charge in [-0.1, -0.05) is 25.1 Å². The molecule has 1 aromatic heterocycles. The summed E-state index contributed by atoms with van der Waals surface area (Å²) in [6.07, 6.45) is 0.817. The first kappa shape index (κ1) is 19.5. The number of hydrogen-bond acceptors (Lipinski definition) is 3. The van der Waals surface area contributed by atoms with Crippen molar-refractivity contribution in [3.05, 3.63) is 70.5 Å². The molecule has 3 rings (SSSR count). The Kier molecular flexibility index (Phi) is 6.32. The molecule has 2 amide bonds. The van der Waals surface area contributed by atoms with Crippen molar-refractivity contribution in [1.82, 2.24) is 9.88 Å². The van der Waals surface area contributed by atoms with Crippen LogP contribution in [0.4, 0.5) is 10.5 Å². The van der Waals surface area contributed by atoms with Gasteiger partial charge in [-0.3, -0.25) is 4.79 Å². The van der Waals surface area contributed by atoms with Crippen LogP contribution in [0.3, 0.4) is 0 Å². The Balaban J connectivity index is 1.79. The number of H-pyrrole nitrogens is 1. The number of pyridine rings is 1. The van der Waals surface area contributed by atoms with E-state index < -0.39 is 0 Å². The number of benzene rings is 2. The predicted octanol–water partition coefficient (Wildman–Crippen LogP) is 4.37. The molecule has 0 fully saturated rings. The first-order chi connectivity index (χ1) is 13.6. The molecule has 146 valence electrons. The molecule has 6 nitrogen and oxygen atoms in total. The molecule has 2 aromatic carbocycles. The van der Waals surface area contributed by atoms with Gasteiger partial charge in [-0.25, -0.2) is 4.79 Å². The summed E-state index contributed by atoms with van der Waals surface area (Å²) in [4.78, 5) is 29.4. The Morgan fingerprint density at radius 2 is 1.86 bits per heavy atom. The van der Waals surface area contributed by atoms with Crippen LogP contribution in [0.1, 0.15) is 25.8 Å². The zero-order chi connectivity index (χ0) is 19.9. The van der Waals surface area contributed by atoms with E-state index in [4.69, 9.17) is 4.74 Å². The molecule has 0 atom stereocenters. The number of anilines is 1. The highest BCUT2D eigenvalue weighted by Crippen LogP contribution is 2.19. The van der Waals surface area contributed by atoms with Gasteiger partial charge < -0.3 is 19.9 Å². The number of hydrogen-bond donors (Lipinski definition) is 2. The zero-order valence-electron chi connectivity index (χ0n) is 16.2. The van der Waals surface area contributed by atoms with Crippen molar-refractivity contribution < 1.29 is 9.53 Å². The fourth-order valence-corrected chi connectivity index (χ4v) is 3.14. The lowest BCUT2D eigenvalue weighted by atomic mass is 10.1.